The van der Waals surface area contributed by atoms with E-state index in [-0.39, 0.29) is 18.1 Å². The highest BCUT2D eigenvalue weighted by Gasteiger charge is 2.15. The van der Waals surface area contributed by atoms with Gasteiger partial charge in [-0.2, -0.15) is 0 Å². The molecule has 0 saturated heterocycles. The van der Waals surface area contributed by atoms with E-state index in [9.17, 15) is 13.2 Å². The first-order valence-corrected chi connectivity index (χ1v) is 8.71. The van der Waals surface area contributed by atoms with Crippen molar-refractivity contribution in [3.05, 3.63) is 0 Å². The lowest BCUT2D eigenvalue weighted by Crippen LogP contribution is -2.42. The SMILES string of the molecule is CCCCOCCCNC(=O)C(N)CCS(C)(=O)=O. The molecule has 0 heterocycles. The summed E-state index contributed by atoms with van der Waals surface area (Å²) in [4.78, 5) is 11.5. The van der Waals surface area contributed by atoms with E-state index in [1.807, 2.05) is 0 Å². The third-order valence-corrected chi connectivity index (χ3v) is 3.52. The Balaban J connectivity index is 3.57. The maximum atomic E-state index is 11.5. The van der Waals surface area contributed by atoms with Crippen molar-refractivity contribution in [3.63, 3.8) is 0 Å². The predicted octanol–water partition coefficient (Wildman–Crippen LogP) is 0.0714. The molecule has 0 rings (SSSR count). The Morgan fingerprint density at radius 3 is 2.53 bits per heavy atom. The second kappa shape index (κ2) is 10.2. The Bertz CT molecular complexity index is 344. The lowest BCUT2D eigenvalue weighted by molar-refractivity contribution is -0.122. The molecule has 0 aromatic rings. The number of amides is 1. The van der Waals surface area contributed by atoms with E-state index < -0.39 is 15.9 Å². The number of nitrogens with one attached hydrogen (secondary N) is 1. The molecule has 114 valence electrons. The van der Waals surface area contributed by atoms with Gasteiger partial charge < -0.3 is 15.8 Å². The number of rotatable bonds is 11. The molecular weight excluding hydrogens is 268 g/mol. The van der Waals surface area contributed by atoms with Crippen LogP contribution in [0, 0.1) is 0 Å². The van der Waals surface area contributed by atoms with Crippen molar-refractivity contribution in [2.75, 3.05) is 31.8 Å². The maximum Gasteiger partial charge on any atom is 0.236 e. The molecule has 1 atom stereocenters. The minimum Gasteiger partial charge on any atom is -0.381 e. The normalized spacial score (nSPS) is 13.2. The summed E-state index contributed by atoms with van der Waals surface area (Å²) in [6.45, 7) is 3.95. The highest BCUT2D eigenvalue weighted by molar-refractivity contribution is 7.90. The molecule has 6 nitrogen and oxygen atoms in total. The van der Waals surface area contributed by atoms with E-state index in [1.54, 1.807) is 0 Å². The summed E-state index contributed by atoms with van der Waals surface area (Å²) < 4.78 is 27.2. The van der Waals surface area contributed by atoms with Crippen LogP contribution in [-0.2, 0) is 19.4 Å². The summed E-state index contributed by atoms with van der Waals surface area (Å²) in [6.07, 6.45) is 4.16. The molecule has 0 spiro atoms. The highest BCUT2D eigenvalue weighted by atomic mass is 32.2. The lowest BCUT2D eigenvalue weighted by Gasteiger charge is -2.11. The van der Waals surface area contributed by atoms with Gasteiger partial charge in [-0.05, 0) is 19.3 Å². The van der Waals surface area contributed by atoms with Gasteiger partial charge in [0.1, 0.15) is 9.84 Å². The van der Waals surface area contributed by atoms with Gasteiger partial charge in [0.05, 0.1) is 11.8 Å². The molecule has 0 aliphatic rings. The van der Waals surface area contributed by atoms with Crippen LogP contribution in [0.3, 0.4) is 0 Å². The number of ether oxygens (including phenoxy) is 1. The second-order valence-corrected chi connectivity index (χ2v) is 6.90. The van der Waals surface area contributed by atoms with Crippen LogP contribution in [0.4, 0.5) is 0 Å². The Kier molecular flexibility index (Phi) is 9.81. The van der Waals surface area contributed by atoms with E-state index in [0.29, 0.717) is 13.2 Å². The predicted molar refractivity (Wildman–Crippen MR) is 75.7 cm³/mol. The number of sulfone groups is 1. The first-order valence-electron chi connectivity index (χ1n) is 6.65. The fourth-order valence-electron chi connectivity index (χ4n) is 1.34. The minimum atomic E-state index is -3.07. The molecule has 19 heavy (non-hydrogen) atoms. The molecule has 1 amide bonds. The zero-order valence-corrected chi connectivity index (χ0v) is 12.7. The van der Waals surface area contributed by atoms with Crippen LogP contribution in [0.1, 0.15) is 32.6 Å². The van der Waals surface area contributed by atoms with E-state index >= 15 is 0 Å². The quantitative estimate of drug-likeness (QED) is 0.525. The van der Waals surface area contributed by atoms with Crippen molar-refractivity contribution in [2.24, 2.45) is 5.73 Å². The van der Waals surface area contributed by atoms with Crippen LogP contribution in [0.15, 0.2) is 0 Å². The third kappa shape index (κ3) is 12.1. The van der Waals surface area contributed by atoms with Gasteiger partial charge in [0, 0.05) is 26.0 Å². The average Bonchev–Trinajstić information content (AvgIpc) is 2.33. The summed E-state index contributed by atoms with van der Waals surface area (Å²) in [5.41, 5.74) is 5.60. The summed E-state index contributed by atoms with van der Waals surface area (Å²) in [6, 6.07) is -0.768. The summed E-state index contributed by atoms with van der Waals surface area (Å²) in [7, 11) is -3.07. The van der Waals surface area contributed by atoms with E-state index in [0.717, 1.165) is 32.1 Å². The summed E-state index contributed by atoms with van der Waals surface area (Å²) in [5, 5.41) is 2.67. The largest absolute Gasteiger partial charge is 0.381 e. The molecule has 0 aliphatic heterocycles. The monoisotopic (exact) mass is 294 g/mol. The number of carbonyl (C=O) groups is 1. The number of unbranched alkanes of at least 4 members (excludes halogenated alkanes) is 1. The molecule has 0 saturated carbocycles. The van der Waals surface area contributed by atoms with Crippen molar-refractivity contribution in [2.45, 2.75) is 38.6 Å². The van der Waals surface area contributed by atoms with E-state index in [2.05, 4.69) is 12.2 Å². The molecule has 0 aromatic carbocycles. The van der Waals surface area contributed by atoms with Gasteiger partial charge in [0.25, 0.3) is 0 Å². The Morgan fingerprint density at radius 1 is 1.32 bits per heavy atom. The first-order chi connectivity index (χ1) is 8.87. The van der Waals surface area contributed by atoms with Gasteiger partial charge in [0.15, 0.2) is 0 Å². The molecular formula is C12H26N2O4S. The maximum absolute atomic E-state index is 11.5. The van der Waals surface area contributed by atoms with Crippen LogP contribution in [0.5, 0.6) is 0 Å². The van der Waals surface area contributed by atoms with Crippen molar-refractivity contribution < 1.29 is 17.9 Å². The van der Waals surface area contributed by atoms with Gasteiger partial charge in [-0.3, -0.25) is 4.79 Å². The first kappa shape index (κ1) is 18.3. The standard InChI is InChI=1S/C12H26N2O4S/c1-3-4-8-18-9-5-7-14-12(15)11(13)6-10-19(2,16)17/h11H,3-10,13H2,1-2H3,(H,14,15). The Morgan fingerprint density at radius 2 is 1.95 bits per heavy atom. The Labute approximate surface area is 116 Å². The minimum absolute atomic E-state index is 0.0677. The topological polar surface area (TPSA) is 98.5 Å². The number of hydrogen-bond acceptors (Lipinski definition) is 5. The van der Waals surface area contributed by atoms with Crippen LogP contribution < -0.4 is 11.1 Å². The average molecular weight is 294 g/mol. The molecule has 0 aromatic heterocycles. The number of nitrogens with two attached hydrogens (primary N) is 1. The second-order valence-electron chi connectivity index (χ2n) is 4.64. The number of carbonyl (C=O) groups excluding carboxylic acids is 1. The highest BCUT2D eigenvalue weighted by Crippen LogP contribution is 1.94. The molecule has 1 unspecified atom stereocenters. The van der Waals surface area contributed by atoms with Crippen molar-refractivity contribution in [1.29, 1.82) is 0 Å². The van der Waals surface area contributed by atoms with Crippen LogP contribution >= 0.6 is 0 Å². The molecule has 7 heteroatoms. The molecule has 0 fully saturated rings. The fourth-order valence-corrected chi connectivity index (χ4v) is 2.02. The molecule has 0 bridgehead atoms. The van der Waals surface area contributed by atoms with Crippen LogP contribution in [-0.4, -0.2) is 52.1 Å². The van der Waals surface area contributed by atoms with Gasteiger partial charge in [-0.25, -0.2) is 8.42 Å². The third-order valence-electron chi connectivity index (χ3n) is 2.54. The molecule has 0 radical (unpaired) electrons. The summed E-state index contributed by atoms with van der Waals surface area (Å²) >= 11 is 0. The summed E-state index contributed by atoms with van der Waals surface area (Å²) in [5.74, 6) is -0.376. The zero-order chi connectivity index (χ0) is 14.7. The zero-order valence-electron chi connectivity index (χ0n) is 11.9. The smallest absolute Gasteiger partial charge is 0.236 e. The van der Waals surface area contributed by atoms with Gasteiger partial charge >= 0.3 is 0 Å². The number of hydrogen-bond donors (Lipinski definition) is 2. The van der Waals surface area contributed by atoms with Gasteiger partial charge in [-0.1, -0.05) is 13.3 Å². The lowest BCUT2D eigenvalue weighted by atomic mass is 10.2. The molecule has 3 N–H and O–H groups in total. The van der Waals surface area contributed by atoms with Crippen molar-refractivity contribution >= 4 is 15.7 Å². The Hall–Kier alpha value is -0.660. The van der Waals surface area contributed by atoms with E-state index in [4.69, 9.17) is 10.5 Å². The fraction of sp³-hybridized carbons (Fsp3) is 0.917. The van der Waals surface area contributed by atoms with Gasteiger partial charge in [0.2, 0.25) is 5.91 Å². The van der Waals surface area contributed by atoms with Crippen molar-refractivity contribution in [3.8, 4) is 0 Å². The van der Waals surface area contributed by atoms with Crippen LogP contribution in [0.25, 0.3) is 0 Å². The van der Waals surface area contributed by atoms with Gasteiger partial charge in [-0.15, -0.1) is 0 Å². The molecule has 0 aliphatic carbocycles. The van der Waals surface area contributed by atoms with Crippen LogP contribution in [0.2, 0.25) is 0 Å². The van der Waals surface area contributed by atoms with E-state index in [1.165, 1.54) is 0 Å². The van der Waals surface area contributed by atoms with Crippen molar-refractivity contribution in [1.82, 2.24) is 5.32 Å².